The lowest BCUT2D eigenvalue weighted by Crippen LogP contribution is -2.46. The number of carbonyl (C=O) groups is 1. The fraction of sp³-hybridized carbons (Fsp3) is 0.444. The highest BCUT2D eigenvalue weighted by molar-refractivity contribution is 6.06. The molecule has 0 radical (unpaired) electrons. The number of aryl methyl sites for hydroxylation is 2. The van der Waals surface area contributed by atoms with Crippen molar-refractivity contribution in [2.45, 2.75) is 45.7 Å². The van der Waals surface area contributed by atoms with Crippen LogP contribution in [0.25, 0.3) is 11.0 Å². The first-order chi connectivity index (χ1) is 12.1. The Kier molecular flexibility index (Phi) is 3.99. The van der Waals surface area contributed by atoms with Crippen LogP contribution in [-0.4, -0.2) is 48.4 Å². The van der Waals surface area contributed by atoms with E-state index < -0.39 is 0 Å². The van der Waals surface area contributed by atoms with Crippen molar-refractivity contribution < 1.29 is 4.79 Å². The van der Waals surface area contributed by atoms with Gasteiger partial charge < -0.3 is 4.90 Å². The van der Waals surface area contributed by atoms with Crippen molar-refractivity contribution in [2.75, 3.05) is 6.54 Å². The summed E-state index contributed by atoms with van der Waals surface area (Å²) in [6, 6.07) is 3.96. The van der Waals surface area contributed by atoms with E-state index in [1.807, 2.05) is 41.8 Å². The Labute approximate surface area is 146 Å². The summed E-state index contributed by atoms with van der Waals surface area (Å²) in [6.07, 6.45) is 6.92. The summed E-state index contributed by atoms with van der Waals surface area (Å²) in [5, 5.41) is 12.3. The van der Waals surface area contributed by atoms with Gasteiger partial charge in [0.15, 0.2) is 5.65 Å². The molecule has 0 aromatic carbocycles. The molecule has 1 N–H and O–H groups in total. The summed E-state index contributed by atoms with van der Waals surface area (Å²) in [5.74, 6) is 0.0665. The van der Waals surface area contributed by atoms with E-state index in [4.69, 9.17) is 0 Å². The van der Waals surface area contributed by atoms with Crippen molar-refractivity contribution in [3.8, 4) is 0 Å². The van der Waals surface area contributed by atoms with Crippen LogP contribution in [0, 0.1) is 13.8 Å². The van der Waals surface area contributed by atoms with Gasteiger partial charge in [0.2, 0.25) is 0 Å². The van der Waals surface area contributed by atoms with Crippen molar-refractivity contribution >= 4 is 16.9 Å². The van der Waals surface area contributed by atoms with Gasteiger partial charge in [-0.2, -0.15) is 10.2 Å². The number of pyridine rings is 1. The number of aromatic nitrogens is 5. The standard InChI is InChI=1S/C18H22N6O/c1-12-10-15(16-13(2)21-22-17(16)20-12)18(25)24-9-4-3-6-14(24)11-23-8-5-7-19-23/h5,7-8,10,14H,3-4,6,9,11H2,1-2H3,(H,20,21,22). The monoisotopic (exact) mass is 338 g/mol. The predicted octanol–water partition coefficient (Wildman–Crippen LogP) is 2.47. The molecule has 3 aromatic rings. The van der Waals surface area contributed by atoms with Gasteiger partial charge in [-0.1, -0.05) is 0 Å². The van der Waals surface area contributed by atoms with E-state index in [0.29, 0.717) is 11.2 Å². The first-order valence-electron chi connectivity index (χ1n) is 8.74. The minimum absolute atomic E-state index is 0.0665. The smallest absolute Gasteiger partial charge is 0.255 e. The molecule has 0 aliphatic carbocycles. The summed E-state index contributed by atoms with van der Waals surface area (Å²) in [7, 11) is 0. The van der Waals surface area contributed by atoms with E-state index in [9.17, 15) is 4.79 Å². The molecule has 1 amide bonds. The maximum atomic E-state index is 13.4. The lowest BCUT2D eigenvalue weighted by molar-refractivity contribution is 0.0585. The number of nitrogens with one attached hydrogen (secondary N) is 1. The second-order valence-electron chi connectivity index (χ2n) is 6.73. The molecule has 7 nitrogen and oxygen atoms in total. The molecule has 1 unspecified atom stereocenters. The van der Waals surface area contributed by atoms with E-state index in [1.165, 1.54) is 0 Å². The minimum atomic E-state index is 0.0665. The van der Waals surface area contributed by atoms with Crippen LogP contribution in [0.3, 0.4) is 0 Å². The number of fused-ring (bicyclic) bond motifs is 1. The number of H-pyrrole nitrogens is 1. The van der Waals surface area contributed by atoms with Crippen LogP contribution in [0.15, 0.2) is 24.5 Å². The quantitative estimate of drug-likeness (QED) is 0.795. The first-order valence-corrected chi connectivity index (χ1v) is 8.74. The van der Waals surface area contributed by atoms with Gasteiger partial charge in [-0.15, -0.1) is 0 Å². The number of amides is 1. The zero-order chi connectivity index (χ0) is 17.4. The van der Waals surface area contributed by atoms with Gasteiger partial charge in [0.1, 0.15) is 0 Å². The Morgan fingerprint density at radius 2 is 2.24 bits per heavy atom. The zero-order valence-corrected chi connectivity index (χ0v) is 14.6. The van der Waals surface area contributed by atoms with Crippen LogP contribution in [0.5, 0.6) is 0 Å². The number of likely N-dealkylation sites (tertiary alicyclic amines) is 1. The van der Waals surface area contributed by atoms with E-state index in [0.717, 1.165) is 49.1 Å². The third kappa shape index (κ3) is 2.90. The molecule has 3 aromatic heterocycles. The molecule has 1 fully saturated rings. The number of piperidine rings is 1. The summed E-state index contributed by atoms with van der Waals surface area (Å²) in [4.78, 5) is 19.8. The van der Waals surface area contributed by atoms with Gasteiger partial charge in [-0.05, 0) is 45.2 Å². The Bertz CT molecular complexity index is 898. The van der Waals surface area contributed by atoms with Crippen LogP contribution in [0.2, 0.25) is 0 Å². The second-order valence-corrected chi connectivity index (χ2v) is 6.73. The molecule has 0 spiro atoms. The molecule has 0 bridgehead atoms. The highest BCUT2D eigenvalue weighted by Crippen LogP contribution is 2.26. The van der Waals surface area contributed by atoms with Gasteiger partial charge in [-0.3, -0.25) is 14.6 Å². The van der Waals surface area contributed by atoms with Crippen LogP contribution >= 0.6 is 0 Å². The number of aromatic amines is 1. The fourth-order valence-electron chi connectivity index (χ4n) is 3.71. The number of nitrogens with zero attached hydrogens (tertiary/aromatic N) is 5. The molecule has 7 heteroatoms. The number of hydrogen-bond donors (Lipinski definition) is 1. The molecular weight excluding hydrogens is 316 g/mol. The highest BCUT2D eigenvalue weighted by Gasteiger charge is 2.29. The zero-order valence-electron chi connectivity index (χ0n) is 14.6. The topological polar surface area (TPSA) is 79.7 Å². The third-order valence-electron chi connectivity index (χ3n) is 4.91. The lowest BCUT2D eigenvalue weighted by Gasteiger charge is -2.36. The van der Waals surface area contributed by atoms with E-state index >= 15 is 0 Å². The van der Waals surface area contributed by atoms with E-state index in [2.05, 4.69) is 20.3 Å². The van der Waals surface area contributed by atoms with Crippen molar-refractivity contribution in [3.63, 3.8) is 0 Å². The van der Waals surface area contributed by atoms with Gasteiger partial charge in [0.05, 0.1) is 23.5 Å². The van der Waals surface area contributed by atoms with Crippen LogP contribution in [0.4, 0.5) is 0 Å². The molecule has 1 atom stereocenters. The van der Waals surface area contributed by atoms with Crippen LogP contribution in [0.1, 0.15) is 41.0 Å². The third-order valence-corrected chi connectivity index (χ3v) is 4.91. The average molecular weight is 338 g/mol. The summed E-state index contributed by atoms with van der Waals surface area (Å²) in [5.41, 5.74) is 3.00. The Morgan fingerprint density at radius 3 is 3.04 bits per heavy atom. The minimum Gasteiger partial charge on any atom is -0.334 e. The van der Waals surface area contributed by atoms with Crippen molar-refractivity contribution in [1.29, 1.82) is 0 Å². The molecule has 1 aliphatic rings. The first kappa shape index (κ1) is 15.8. The molecule has 25 heavy (non-hydrogen) atoms. The van der Waals surface area contributed by atoms with E-state index in [-0.39, 0.29) is 11.9 Å². The van der Waals surface area contributed by atoms with Gasteiger partial charge in [0, 0.05) is 30.3 Å². The fourth-order valence-corrected chi connectivity index (χ4v) is 3.71. The average Bonchev–Trinajstić information content (AvgIpc) is 3.24. The van der Waals surface area contributed by atoms with Gasteiger partial charge in [-0.25, -0.2) is 4.98 Å². The largest absolute Gasteiger partial charge is 0.334 e. The van der Waals surface area contributed by atoms with Gasteiger partial charge in [0.25, 0.3) is 5.91 Å². The van der Waals surface area contributed by atoms with Crippen molar-refractivity contribution in [1.82, 2.24) is 29.9 Å². The Morgan fingerprint density at radius 1 is 1.36 bits per heavy atom. The maximum Gasteiger partial charge on any atom is 0.255 e. The molecule has 1 saturated heterocycles. The van der Waals surface area contributed by atoms with Crippen molar-refractivity contribution in [2.24, 2.45) is 0 Å². The lowest BCUT2D eigenvalue weighted by atomic mass is 9.99. The predicted molar refractivity (Wildman–Crippen MR) is 94.3 cm³/mol. The Hall–Kier alpha value is -2.70. The van der Waals surface area contributed by atoms with Crippen molar-refractivity contribution in [3.05, 3.63) is 41.5 Å². The maximum absolute atomic E-state index is 13.4. The second kappa shape index (κ2) is 6.31. The molecule has 0 saturated carbocycles. The normalized spacial score (nSPS) is 18.0. The van der Waals surface area contributed by atoms with E-state index in [1.54, 1.807) is 6.20 Å². The molecule has 1 aliphatic heterocycles. The number of carbonyl (C=O) groups excluding carboxylic acids is 1. The highest BCUT2D eigenvalue weighted by atomic mass is 16.2. The van der Waals surface area contributed by atoms with Gasteiger partial charge >= 0.3 is 0 Å². The molecular formula is C18H22N6O. The summed E-state index contributed by atoms with van der Waals surface area (Å²) < 4.78 is 1.91. The SMILES string of the molecule is Cc1cc(C(=O)N2CCCCC2Cn2cccn2)c2c(C)[nH]nc2n1. The molecule has 130 valence electrons. The van der Waals surface area contributed by atoms with Crippen LogP contribution < -0.4 is 0 Å². The van der Waals surface area contributed by atoms with Crippen LogP contribution in [-0.2, 0) is 6.54 Å². The summed E-state index contributed by atoms with van der Waals surface area (Å²) in [6.45, 7) is 5.35. The number of rotatable bonds is 3. The molecule has 4 heterocycles. The Balaban J connectivity index is 1.70. The number of hydrogen-bond acceptors (Lipinski definition) is 4. The summed E-state index contributed by atoms with van der Waals surface area (Å²) >= 11 is 0. The molecule has 4 rings (SSSR count).